The van der Waals surface area contributed by atoms with Crippen LogP contribution in [0.25, 0.3) is 0 Å². The van der Waals surface area contributed by atoms with Crippen LogP contribution in [0.1, 0.15) is 28.4 Å². The topological polar surface area (TPSA) is 41.1 Å². The number of amides is 1. The SMILES string of the molecule is CNC(=O)c1cccc(NC2CCSc3ccccc32)c1. The first-order valence-corrected chi connectivity index (χ1v) is 8.07. The number of hydrogen-bond acceptors (Lipinski definition) is 3. The van der Waals surface area contributed by atoms with E-state index in [4.69, 9.17) is 0 Å². The summed E-state index contributed by atoms with van der Waals surface area (Å²) in [5, 5.41) is 6.22. The molecule has 1 unspecified atom stereocenters. The van der Waals surface area contributed by atoms with Crippen LogP contribution in [0.4, 0.5) is 5.69 Å². The molecule has 4 heteroatoms. The van der Waals surface area contributed by atoms with Gasteiger partial charge in [0, 0.05) is 28.9 Å². The summed E-state index contributed by atoms with van der Waals surface area (Å²) in [7, 11) is 1.65. The van der Waals surface area contributed by atoms with Gasteiger partial charge in [-0.05, 0) is 36.2 Å². The molecule has 1 heterocycles. The van der Waals surface area contributed by atoms with E-state index >= 15 is 0 Å². The second-order valence-corrected chi connectivity index (χ2v) is 6.17. The Morgan fingerprint density at radius 3 is 2.90 bits per heavy atom. The molecule has 0 bridgehead atoms. The first kappa shape index (κ1) is 14.0. The summed E-state index contributed by atoms with van der Waals surface area (Å²) in [4.78, 5) is 13.1. The summed E-state index contributed by atoms with van der Waals surface area (Å²) in [6.07, 6.45) is 1.09. The number of anilines is 1. The Bertz CT molecular complexity index is 657. The summed E-state index contributed by atoms with van der Waals surface area (Å²) in [5.74, 6) is 1.06. The number of nitrogens with one attached hydrogen (secondary N) is 2. The number of hydrogen-bond donors (Lipinski definition) is 2. The zero-order valence-electron chi connectivity index (χ0n) is 11.9. The number of fused-ring (bicyclic) bond motifs is 1. The number of thioether (sulfide) groups is 1. The summed E-state index contributed by atoms with van der Waals surface area (Å²) in [6.45, 7) is 0. The molecule has 21 heavy (non-hydrogen) atoms. The van der Waals surface area contributed by atoms with E-state index in [0.717, 1.165) is 17.9 Å². The zero-order valence-corrected chi connectivity index (χ0v) is 12.7. The molecule has 108 valence electrons. The predicted molar refractivity (Wildman–Crippen MR) is 88.0 cm³/mol. The number of carbonyl (C=O) groups is 1. The highest BCUT2D eigenvalue weighted by molar-refractivity contribution is 7.99. The van der Waals surface area contributed by atoms with Crippen LogP contribution in [0.15, 0.2) is 53.4 Å². The third-order valence-corrected chi connectivity index (χ3v) is 4.77. The van der Waals surface area contributed by atoms with Crippen molar-refractivity contribution in [3.8, 4) is 0 Å². The lowest BCUT2D eigenvalue weighted by molar-refractivity contribution is 0.0963. The molecule has 1 aliphatic heterocycles. The third-order valence-electron chi connectivity index (χ3n) is 3.65. The zero-order chi connectivity index (χ0) is 14.7. The first-order valence-electron chi connectivity index (χ1n) is 7.08. The lowest BCUT2D eigenvalue weighted by Gasteiger charge is -2.26. The van der Waals surface area contributed by atoms with Gasteiger partial charge in [-0.15, -0.1) is 11.8 Å². The number of carbonyl (C=O) groups excluding carboxylic acids is 1. The van der Waals surface area contributed by atoms with Crippen LogP contribution in [-0.4, -0.2) is 18.7 Å². The molecule has 0 radical (unpaired) electrons. The Hall–Kier alpha value is -1.94. The fraction of sp³-hybridized carbons (Fsp3) is 0.235. The molecular weight excluding hydrogens is 280 g/mol. The van der Waals surface area contributed by atoms with Gasteiger partial charge in [0.25, 0.3) is 5.91 Å². The Balaban J connectivity index is 1.83. The van der Waals surface area contributed by atoms with E-state index in [0.29, 0.717) is 11.6 Å². The molecule has 1 amide bonds. The van der Waals surface area contributed by atoms with E-state index in [-0.39, 0.29) is 5.91 Å². The van der Waals surface area contributed by atoms with E-state index in [1.54, 1.807) is 7.05 Å². The molecule has 2 N–H and O–H groups in total. The molecule has 3 nitrogen and oxygen atoms in total. The molecular formula is C17H18N2OS. The molecule has 0 fully saturated rings. The lowest BCUT2D eigenvalue weighted by atomic mass is 10.0. The molecule has 2 aromatic carbocycles. The average molecular weight is 298 g/mol. The van der Waals surface area contributed by atoms with E-state index in [1.165, 1.54) is 10.5 Å². The van der Waals surface area contributed by atoms with Crippen LogP contribution in [0.3, 0.4) is 0 Å². The average Bonchev–Trinajstić information content (AvgIpc) is 2.55. The Kier molecular flexibility index (Phi) is 4.15. The van der Waals surface area contributed by atoms with Gasteiger partial charge < -0.3 is 10.6 Å². The number of rotatable bonds is 3. The van der Waals surface area contributed by atoms with Gasteiger partial charge in [-0.1, -0.05) is 24.3 Å². The molecule has 0 saturated carbocycles. The highest BCUT2D eigenvalue weighted by Gasteiger charge is 2.20. The fourth-order valence-electron chi connectivity index (χ4n) is 2.59. The molecule has 1 atom stereocenters. The maximum atomic E-state index is 11.7. The minimum atomic E-state index is -0.0572. The largest absolute Gasteiger partial charge is 0.378 e. The van der Waals surface area contributed by atoms with Crippen LogP contribution >= 0.6 is 11.8 Å². The van der Waals surface area contributed by atoms with Gasteiger partial charge in [-0.2, -0.15) is 0 Å². The van der Waals surface area contributed by atoms with Gasteiger partial charge in [-0.25, -0.2) is 0 Å². The number of benzene rings is 2. The van der Waals surface area contributed by atoms with Crippen molar-refractivity contribution in [1.82, 2.24) is 5.32 Å². The van der Waals surface area contributed by atoms with Crippen molar-refractivity contribution in [2.24, 2.45) is 0 Å². The fourth-order valence-corrected chi connectivity index (χ4v) is 3.71. The summed E-state index contributed by atoms with van der Waals surface area (Å²) in [5.41, 5.74) is 3.02. The molecule has 0 aliphatic carbocycles. The third kappa shape index (κ3) is 3.05. The second kappa shape index (κ2) is 6.22. The Morgan fingerprint density at radius 1 is 1.19 bits per heavy atom. The highest BCUT2D eigenvalue weighted by atomic mass is 32.2. The highest BCUT2D eigenvalue weighted by Crippen LogP contribution is 2.37. The minimum Gasteiger partial charge on any atom is -0.378 e. The van der Waals surface area contributed by atoms with Gasteiger partial charge in [0.05, 0.1) is 6.04 Å². The van der Waals surface area contributed by atoms with Gasteiger partial charge in [0.15, 0.2) is 0 Å². The van der Waals surface area contributed by atoms with Crippen LogP contribution < -0.4 is 10.6 Å². The van der Waals surface area contributed by atoms with Crippen molar-refractivity contribution in [1.29, 1.82) is 0 Å². The maximum Gasteiger partial charge on any atom is 0.251 e. The van der Waals surface area contributed by atoms with E-state index in [2.05, 4.69) is 34.9 Å². The maximum absolute atomic E-state index is 11.7. The molecule has 3 rings (SSSR count). The summed E-state index contributed by atoms with van der Waals surface area (Å²) >= 11 is 1.91. The molecule has 0 saturated heterocycles. The van der Waals surface area contributed by atoms with Crippen molar-refractivity contribution >= 4 is 23.4 Å². The van der Waals surface area contributed by atoms with E-state index < -0.39 is 0 Å². The molecule has 0 aromatic heterocycles. The van der Waals surface area contributed by atoms with Gasteiger partial charge >= 0.3 is 0 Å². The van der Waals surface area contributed by atoms with Crippen molar-refractivity contribution in [2.75, 3.05) is 18.1 Å². The van der Waals surface area contributed by atoms with Gasteiger partial charge in [-0.3, -0.25) is 4.79 Å². The summed E-state index contributed by atoms with van der Waals surface area (Å²) < 4.78 is 0. The molecule has 1 aliphatic rings. The van der Waals surface area contributed by atoms with Crippen molar-refractivity contribution < 1.29 is 4.79 Å². The smallest absolute Gasteiger partial charge is 0.251 e. The predicted octanol–water partition coefficient (Wildman–Crippen LogP) is 3.70. The van der Waals surface area contributed by atoms with Crippen LogP contribution in [-0.2, 0) is 0 Å². The summed E-state index contributed by atoms with van der Waals surface area (Å²) in [6, 6.07) is 16.5. The van der Waals surface area contributed by atoms with Gasteiger partial charge in [0.1, 0.15) is 0 Å². The van der Waals surface area contributed by atoms with Crippen molar-refractivity contribution in [3.05, 3.63) is 59.7 Å². The van der Waals surface area contributed by atoms with Crippen molar-refractivity contribution in [2.45, 2.75) is 17.4 Å². The minimum absolute atomic E-state index is 0.0572. The monoisotopic (exact) mass is 298 g/mol. The molecule has 2 aromatic rings. The van der Waals surface area contributed by atoms with Crippen LogP contribution in [0.2, 0.25) is 0 Å². The van der Waals surface area contributed by atoms with Crippen LogP contribution in [0.5, 0.6) is 0 Å². The van der Waals surface area contributed by atoms with Crippen molar-refractivity contribution in [3.63, 3.8) is 0 Å². The lowest BCUT2D eigenvalue weighted by Crippen LogP contribution is -2.19. The Morgan fingerprint density at radius 2 is 2.05 bits per heavy atom. The Labute approximate surface area is 129 Å². The quantitative estimate of drug-likeness (QED) is 0.908. The van der Waals surface area contributed by atoms with E-state index in [9.17, 15) is 4.79 Å². The van der Waals surface area contributed by atoms with E-state index in [1.807, 2.05) is 36.0 Å². The van der Waals surface area contributed by atoms with Gasteiger partial charge in [0.2, 0.25) is 0 Å². The molecule has 0 spiro atoms. The standard InChI is InChI=1S/C17H18N2OS/c1-18-17(20)12-5-4-6-13(11-12)19-15-9-10-21-16-8-3-2-7-14(15)16/h2-8,11,15,19H,9-10H2,1H3,(H,18,20). The second-order valence-electron chi connectivity index (χ2n) is 5.03. The normalized spacial score (nSPS) is 16.9. The van der Waals surface area contributed by atoms with Crippen LogP contribution in [0, 0.1) is 0 Å². The first-order chi connectivity index (χ1) is 10.3.